The van der Waals surface area contributed by atoms with Crippen LogP contribution in [-0.4, -0.2) is 47.6 Å². The number of fused-ring (bicyclic) bond motifs is 1. The van der Waals surface area contributed by atoms with E-state index in [9.17, 15) is 9.59 Å². The molecule has 1 unspecified atom stereocenters. The topological polar surface area (TPSA) is 63.6 Å². The number of benzene rings is 2. The Morgan fingerprint density at radius 2 is 1.72 bits per heavy atom. The molecule has 0 bridgehead atoms. The molecule has 1 N–H and O–H groups in total. The molecule has 1 saturated heterocycles. The van der Waals surface area contributed by atoms with Crippen molar-refractivity contribution >= 4 is 22.7 Å². The molecule has 0 spiro atoms. The highest BCUT2D eigenvalue weighted by atomic mass is 16.5. The number of ether oxygens (including phenoxy) is 1. The summed E-state index contributed by atoms with van der Waals surface area (Å²) >= 11 is 0. The predicted octanol–water partition coefficient (Wildman–Crippen LogP) is 2.99. The van der Waals surface area contributed by atoms with Gasteiger partial charge in [0.1, 0.15) is 6.04 Å². The van der Waals surface area contributed by atoms with Crippen molar-refractivity contribution in [2.75, 3.05) is 26.3 Å². The van der Waals surface area contributed by atoms with E-state index in [1.807, 2.05) is 72.3 Å². The molecular formula is C23H25N3O3. The van der Waals surface area contributed by atoms with Crippen LogP contribution in [0.25, 0.3) is 10.9 Å². The Kier molecular flexibility index (Phi) is 5.62. The van der Waals surface area contributed by atoms with Crippen LogP contribution >= 0.6 is 0 Å². The van der Waals surface area contributed by atoms with Gasteiger partial charge in [0.25, 0.3) is 5.91 Å². The lowest BCUT2D eigenvalue weighted by Gasteiger charge is -2.31. The highest BCUT2D eigenvalue weighted by Gasteiger charge is 2.29. The monoisotopic (exact) mass is 391 g/mol. The number of para-hydroxylation sites is 1. The number of aryl methyl sites for hydroxylation is 1. The lowest BCUT2D eigenvalue weighted by molar-refractivity contribution is -0.137. The van der Waals surface area contributed by atoms with Crippen LogP contribution in [-0.2, 0) is 16.1 Å². The number of nitrogens with zero attached hydrogens (tertiary/aromatic N) is 2. The summed E-state index contributed by atoms with van der Waals surface area (Å²) in [6.07, 6.45) is 1.86. The van der Waals surface area contributed by atoms with Gasteiger partial charge >= 0.3 is 0 Å². The second-order valence-corrected chi connectivity index (χ2v) is 7.10. The molecule has 1 aliphatic heterocycles. The first-order valence-corrected chi connectivity index (χ1v) is 9.99. The van der Waals surface area contributed by atoms with Crippen molar-refractivity contribution in [1.29, 1.82) is 0 Å². The van der Waals surface area contributed by atoms with Gasteiger partial charge < -0.3 is 19.5 Å². The average molecular weight is 391 g/mol. The Hall–Kier alpha value is -3.12. The van der Waals surface area contributed by atoms with Gasteiger partial charge in [0.15, 0.2) is 0 Å². The van der Waals surface area contributed by atoms with Gasteiger partial charge in [-0.25, -0.2) is 0 Å². The lowest BCUT2D eigenvalue weighted by Crippen LogP contribution is -2.47. The fraction of sp³-hybridized carbons (Fsp3) is 0.304. The molecule has 0 radical (unpaired) electrons. The minimum Gasteiger partial charge on any atom is -0.378 e. The van der Waals surface area contributed by atoms with E-state index in [-0.39, 0.29) is 11.8 Å². The maximum Gasteiger partial charge on any atom is 0.254 e. The van der Waals surface area contributed by atoms with Crippen LogP contribution < -0.4 is 5.32 Å². The molecule has 1 fully saturated rings. The number of aromatic nitrogens is 1. The van der Waals surface area contributed by atoms with E-state index in [2.05, 4.69) is 5.32 Å². The minimum absolute atomic E-state index is 0.105. The Morgan fingerprint density at radius 3 is 2.45 bits per heavy atom. The Labute approximate surface area is 170 Å². The molecule has 2 aromatic carbocycles. The Morgan fingerprint density at radius 1 is 1.03 bits per heavy atom. The predicted molar refractivity (Wildman–Crippen MR) is 112 cm³/mol. The van der Waals surface area contributed by atoms with Gasteiger partial charge in [-0.15, -0.1) is 0 Å². The summed E-state index contributed by atoms with van der Waals surface area (Å²) < 4.78 is 7.41. The van der Waals surface area contributed by atoms with Crippen LogP contribution in [0.4, 0.5) is 0 Å². The molecular weight excluding hydrogens is 366 g/mol. The van der Waals surface area contributed by atoms with Crippen LogP contribution in [0.1, 0.15) is 28.9 Å². The van der Waals surface area contributed by atoms with E-state index in [4.69, 9.17) is 4.74 Å². The summed E-state index contributed by atoms with van der Waals surface area (Å²) in [7, 11) is 0. The van der Waals surface area contributed by atoms with E-state index >= 15 is 0 Å². The van der Waals surface area contributed by atoms with Gasteiger partial charge in [-0.05, 0) is 18.6 Å². The first kappa shape index (κ1) is 19.2. The smallest absolute Gasteiger partial charge is 0.254 e. The third-order valence-corrected chi connectivity index (χ3v) is 5.35. The molecule has 2 heterocycles. The maximum absolute atomic E-state index is 13.2. The molecule has 2 amide bonds. The van der Waals surface area contributed by atoms with Crippen LogP contribution in [0.2, 0.25) is 0 Å². The molecule has 4 rings (SSSR count). The molecule has 1 aliphatic rings. The highest BCUT2D eigenvalue weighted by molar-refractivity contribution is 6.08. The molecule has 6 heteroatoms. The van der Waals surface area contributed by atoms with Crippen molar-refractivity contribution in [1.82, 2.24) is 14.8 Å². The molecule has 29 heavy (non-hydrogen) atoms. The lowest BCUT2D eigenvalue weighted by atomic mass is 10.0. The Balaban J connectivity index is 1.66. The molecule has 0 saturated carbocycles. The highest BCUT2D eigenvalue weighted by Crippen LogP contribution is 2.23. The molecule has 1 atom stereocenters. The Bertz CT molecular complexity index is 1010. The third-order valence-electron chi connectivity index (χ3n) is 5.35. The summed E-state index contributed by atoms with van der Waals surface area (Å²) in [6, 6.07) is 16.5. The number of nitrogens with one attached hydrogen (secondary N) is 1. The molecule has 150 valence electrons. The quantitative estimate of drug-likeness (QED) is 0.727. The average Bonchev–Trinajstić information content (AvgIpc) is 3.17. The fourth-order valence-corrected chi connectivity index (χ4v) is 3.80. The van der Waals surface area contributed by atoms with Crippen molar-refractivity contribution in [3.63, 3.8) is 0 Å². The number of rotatable bonds is 5. The summed E-state index contributed by atoms with van der Waals surface area (Å²) in [5.74, 6) is -0.351. The van der Waals surface area contributed by atoms with Crippen LogP contribution in [0.5, 0.6) is 0 Å². The zero-order chi connectivity index (χ0) is 20.2. The standard InChI is InChI=1S/C23H25N3O3/c1-2-25-16-19(18-10-6-7-11-20(18)25)22(27)24-21(17-8-4-3-5-9-17)23(28)26-12-14-29-15-13-26/h3-11,16,21H,2,12-15H2,1H3,(H,24,27). The van der Waals surface area contributed by atoms with E-state index < -0.39 is 6.04 Å². The zero-order valence-corrected chi connectivity index (χ0v) is 16.5. The van der Waals surface area contributed by atoms with Crippen LogP contribution in [0.15, 0.2) is 60.8 Å². The summed E-state index contributed by atoms with van der Waals surface area (Å²) in [4.78, 5) is 28.2. The first-order valence-electron chi connectivity index (χ1n) is 9.99. The van der Waals surface area contributed by atoms with E-state index in [0.29, 0.717) is 31.9 Å². The second kappa shape index (κ2) is 8.49. The second-order valence-electron chi connectivity index (χ2n) is 7.10. The van der Waals surface area contributed by atoms with Crippen molar-refractivity contribution in [2.24, 2.45) is 0 Å². The number of hydrogen-bond acceptors (Lipinski definition) is 3. The summed E-state index contributed by atoms with van der Waals surface area (Å²) in [5.41, 5.74) is 2.37. The number of morpholine rings is 1. The first-order chi connectivity index (χ1) is 14.2. The minimum atomic E-state index is -0.731. The molecule has 6 nitrogen and oxygen atoms in total. The molecule has 1 aromatic heterocycles. The number of carbonyl (C=O) groups excluding carboxylic acids is 2. The van der Waals surface area contributed by atoms with Crippen molar-refractivity contribution in [3.8, 4) is 0 Å². The zero-order valence-electron chi connectivity index (χ0n) is 16.5. The van der Waals surface area contributed by atoms with Gasteiger partial charge in [-0.2, -0.15) is 0 Å². The van der Waals surface area contributed by atoms with Gasteiger partial charge in [0, 0.05) is 36.7 Å². The number of carbonyl (C=O) groups is 2. The van der Waals surface area contributed by atoms with Crippen molar-refractivity contribution in [3.05, 3.63) is 71.9 Å². The number of amides is 2. The summed E-state index contributed by atoms with van der Waals surface area (Å²) in [5, 5.41) is 3.88. The SMILES string of the molecule is CCn1cc(C(=O)NC(C(=O)N2CCOCC2)c2ccccc2)c2ccccc21. The van der Waals surface area contributed by atoms with Crippen molar-refractivity contribution in [2.45, 2.75) is 19.5 Å². The van der Waals surface area contributed by atoms with Gasteiger partial charge in [-0.3, -0.25) is 9.59 Å². The van der Waals surface area contributed by atoms with Crippen LogP contribution in [0.3, 0.4) is 0 Å². The van der Waals surface area contributed by atoms with Crippen LogP contribution in [0, 0.1) is 0 Å². The molecule has 3 aromatic rings. The number of hydrogen-bond donors (Lipinski definition) is 1. The van der Waals surface area contributed by atoms with E-state index in [0.717, 1.165) is 23.0 Å². The fourth-order valence-electron chi connectivity index (χ4n) is 3.80. The summed E-state index contributed by atoms with van der Waals surface area (Å²) in [6.45, 7) is 4.92. The van der Waals surface area contributed by atoms with E-state index in [1.165, 1.54) is 0 Å². The van der Waals surface area contributed by atoms with Gasteiger partial charge in [0.2, 0.25) is 5.91 Å². The third kappa shape index (κ3) is 3.89. The largest absolute Gasteiger partial charge is 0.378 e. The molecule has 0 aliphatic carbocycles. The van der Waals surface area contributed by atoms with Gasteiger partial charge in [-0.1, -0.05) is 48.5 Å². The van der Waals surface area contributed by atoms with Gasteiger partial charge in [0.05, 0.1) is 18.8 Å². The maximum atomic E-state index is 13.2. The van der Waals surface area contributed by atoms with Crippen molar-refractivity contribution < 1.29 is 14.3 Å². The normalized spacial score (nSPS) is 15.3. The van der Waals surface area contributed by atoms with E-state index in [1.54, 1.807) is 4.90 Å².